The Hall–Kier alpha value is -2.36. The van der Waals surface area contributed by atoms with Crippen LogP contribution in [0.4, 0.5) is 0 Å². The maximum absolute atomic E-state index is 12.0. The van der Waals surface area contributed by atoms with Crippen LogP contribution in [0.15, 0.2) is 48.6 Å². The lowest BCUT2D eigenvalue weighted by molar-refractivity contribution is 0.0502. The predicted molar refractivity (Wildman–Crippen MR) is 85.9 cm³/mol. The highest BCUT2D eigenvalue weighted by Crippen LogP contribution is 2.12. The minimum absolute atomic E-state index is 0.190. The molecule has 0 aliphatic heterocycles. The molecular formula is C18H22O4. The number of carbonyl (C=O) groups excluding carboxylic acids is 2. The van der Waals surface area contributed by atoms with E-state index in [9.17, 15) is 9.59 Å². The molecule has 0 aromatic heterocycles. The van der Waals surface area contributed by atoms with Gasteiger partial charge in [0.05, 0.1) is 11.1 Å². The Morgan fingerprint density at radius 2 is 1.23 bits per heavy atom. The first-order chi connectivity index (χ1) is 10.7. The fourth-order valence-corrected chi connectivity index (χ4v) is 1.71. The van der Waals surface area contributed by atoms with Gasteiger partial charge in [-0.2, -0.15) is 0 Å². The maximum atomic E-state index is 12.0. The van der Waals surface area contributed by atoms with E-state index < -0.39 is 11.9 Å². The number of ether oxygens (including phenoxy) is 2. The third-order valence-electron chi connectivity index (χ3n) is 2.79. The number of hydrogen-bond acceptors (Lipinski definition) is 4. The second-order valence-corrected chi connectivity index (χ2v) is 4.50. The molecule has 4 heteroatoms. The van der Waals surface area contributed by atoms with Gasteiger partial charge in [0.1, 0.15) is 13.2 Å². The van der Waals surface area contributed by atoms with E-state index in [1.54, 1.807) is 36.4 Å². The quantitative estimate of drug-likeness (QED) is 0.539. The summed E-state index contributed by atoms with van der Waals surface area (Å²) in [6, 6.07) is 6.49. The zero-order valence-electron chi connectivity index (χ0n) is 13.1. The number of carbonyl (C=O) groups is 2. The van der Waals surface area contributed by atoms with Crippen molar-refractivity contribution in [2.75, 3.05) is 13.2 Å². The molecule has 0 amide bonds. The van der Waals surface area contributed by atoms with Crippen molar-refractivity contribution in [3.8, 4) is 0 Å². The van der Waals surface area contributed by atoms with E-state index in [-0.39, 0.29) is 24.3 Å². The van der Waals surface area contributed by atoms with Gasteiger partial charge in [0.2, 0.25) is 0 Å². The fourth-order valence-electron chi connectivity index (χ4n) is 1.71. The molecule has 0 heterocycles. The van der Waals surface area contributed by atoms with Crippen molar-refractivity contribution in [1.82, 2.24) is 0 Å². The van der Waals surface area contributed by atoms with Crippen molar-refractivity contribution >= 4 is 11.9 Å². The lowest BCUT2D eigenvalue weighted by Crippen LogP contribution is -2.14. The molecule has 0 saturated heterocycles. The Morgan fingerprint density at radius 3 is 1.59 bits per heavy atom. The van der Waals surface area contributed by atoms with Crippen molar-refractivity contribution in [2.24, 2.45) is 0 Å². The number of benzene rings is 1. The zero-order chi connectivity index (χ0) is 16.2. The van der Waals surface area contributed by atoms with E-state index in [0.717, 1.165) is 12.8 Å². The molecule has 0 spiro atoms. The van der Waals surface area contributed by atoms with Gasteiger partial charge >= 0.3 is 11.9 Å². The van der Waals surface area contributed by atoms with Crippen molar-refractivity contribution in [3.63, 3.8) is 0 Å². The van der Waals surface area contributed by atoms with Gasteiger partial charge in [-0.05, 0) is 25.0 Å². The molecular weight excluding hydrogens is 280 g/mol. The Labute approximate surface area is 131 Å². The average molecular weight is 302 g/mol. The predicted octanol–water partition coefficient (Wildman–Crippen LogP) is 3.93. The molecule has 118 valence electrons. The van der Waals surface area contributed by atoms with Gasteiger partial charge in [-0.1, -0.05) is 50.3 Å². The molecule has 0 saturated carbocycles. The lowest BCUT2D eigenvalue weighted by Gasteiger charge is -2.08. The number of esters is 2. The van der Waals surface area contributed by atoms with Crippen LogP contribution in [-0.2, 0) is 9.47 Å². The highest BCUT2D eigenvalue weighted by Gasteiger charge is 2.18. The van der Waals surface area contributed by atoms with Crippen molar-refractivity contribution < 1.29 is 19.1 Å². The minimum atomic E-state index is -0.530. The van der Waals surface area contributed by atoms with Gasteiger partial charge in [0, 0.05) is 0 Å². The van der Waals surface area contributed by atoms with E-state index >= 15 is 0 Å². The van der Waals surface area contributed by atoms with Crippen LogP contribution in [0.2, 0.25) is 0 Å². The largest absolute Gasteiger partial charge is 0.458 e. The van der Waals surface area contributed by atoms with Crippen molar-refractivity contribution in [3.05, 3.63) is 59.7 Å². The number of allylic oxidation sites excluding steroid dienone is 2. The first-order valence-electron chi connectivity index (χ1n) is 7.44. The van der Waals surface area contributed by atoms with Crippen molar-refractivity contribution in [1.29, 1.82) is 0 Å². The summed E-state index contributed by atoms with van der Waals surface area (Å²) in [5.41, 5.74) is 0.439. The molecule has 0 N–H and O–H groups in total. The van der Waals surface area contributed by atoms with E-state index in [1.807, 2.05) is 26.0 Å². The third-order valence-corrected chi connectivity index (χ3v) is 2.79. The molecule has 1 aromatic rings. The molecule has 4 nitrogen and oxygen atoms in total. The number of hydrogen-bond donors (Lipinski definition) is 0. The van der Waals surface area contributed by atoms with Crippen LogP contribution in [0, 0.1) is 0 Å². The van der Waals surface area contributed by atoms with Crippen molar-refractivity contribution in [2.45, 2.75) is 26.7 Å². The highest BCUT2D eigenvalue weighted by atomic mass is 16.5. The lowest BCUT2D eigenvalue weighted by atomic mass is 10.1. The van der Waals surface area contributed by atoms with E-state index in [1.165, 1.54) is 0 Å². The maximum Gasteiger partial charge on any atom is 0.339 e. The molecule has 0 aliphatic carbocycles. The SMILES string of the molecule is CCC=CCOC(=O)c1ccccc1C(=O)OCC=CCC. The Bertz CT molecular complexity index is 495. The van der Waals surface area contributed by atoms with Crippen LogP contribution in [0.5, 0.6) is 0 Å². The first kappa shape index (κ1) is 17.7. The summed E-state index contributed by atoms with van der Waals surface area (Å²) < 4.78 is 10.2. The van der Waals surface area contributed by atoms with E-state index in [2.05, 4.69) is 0 Å². The summed E-state index contributed by atoms with van der Waals surface area (Å²) in [6.07, 6.45) is 9.13. The summed E-state index contributed by atoms with van der Waals surface area (Å²) in [4.78, 5) is 24.1. The van der Waals surface area contributed by atoms with Crippen LogP contribution in [0.1, 0.15) is 47.4 Å². The van der Waals surface area contributed by atoms with Gasteiger partial charge in [-0.25, -0.2) is 9.59 Å². The second-order valence-electron chi connectivity index (χ2n) is 4.50. The molecule has 0 atom stereocenters. The van der Waals surface area contributed by atoms with E-state index in [4.69, 9.17) is 9.47 Å². The summed E-state index contributed by atoms with van der Waals surface area (Å²) >= 11 is 0. The Balaban J connectivity index is 2.71. The first-order valence-corrected chi connectivity index (χ1v) is 7.44. The average Bonchev–Trinajstić information content (AvgIpc) is 2.55. The topological polar surface area (TPSA) is 52.6 Å². The highest BCUT2D eigenvalue weighted by molar-refractivity contribution is 6.03. The molecule has 0 aliphatic rings. The van der Waals surface area contributed by atoms with Crippen LogP contribution < -0.4 is 0 Å². The molecule has 22 heavy (non-hydrogen) atoms. The number of rotatable bonds is 8. The molecule has 1 aromatic carbocycles. The summed E-state index contributed by atoms with van der Waals surface area (Å²) in [7, 11) is 0. The van der Waals surface area contributed by atoms with Gasteiger partial charge in [0.15, 0.2) is 0 Å². The molecule has 0 radical (unpaired) electrons. The molecule has 1 rings (SSSR count). The van der Waals surface area contributed by atoms with Gasteiger partial charge in [-0.15, -0.1) is 0 Å². The summed E-state index contributed by atoms with van der Waals surface area (Å²) in [6.45, 7) is 4.37. The van der Waals surface area contributed by atoms with Gasteiger partial charge in [-0.3, -0.25) is 0 Å². The molecule has 0 unspecified atom stereocenters. The van der Waals surface area contributed by atoms with Gasteiger partial charge in [0.25, 0.3) is 0 Å². The smallest absolute Gasteiger partial charge is 0.339 e. The van der Waals surface area contributed by atoms with Crippen LogP contribution in [0.3, 0.4) is 0 Å². The standard InChI is InChI=1S/C18H22O4/c1-3-5-9-13-21-17(19)15-11-7-8-12-16(15)18(20)22-14-10-6-4-2/h5-12H,3-4,13-14H2,1-2H3. The Morgan fingerprint density at radius 1 is 0.818 bits per heavy atom. The fraction of sp³-hybridized carbons (Fsp3) is 0.333. The monoisotopic (exact) mass is 302 g/mol. The van der Waals surface area contributed by atoms with E-state index in [0.29, 0.717) is 0 Å². The van der Waals surface area contributed by atoms with Crippen LogP contribution >= 0.6 is 0 Å². The second kappa shape index (κ2) is 10.4. The molecule has 0 fully saturated rings. The van der Waals surface area contributed by atoms with Gasteiger partial charge < -0.3 is 9.47 Å². The normalized spacial score (nSPS) is 11.0. The third kappa shape index (κ3) is 5.95. The zero-order valence-corrected chi connectivity index (χ0v) is 13.1. The minimum Gasteiger partial charge on any atom is -0.458 e. The van der Waals surface area contributed by atoms with Crippen LogP contribution in [0.25, 0.3) is 0 Å². The molecule has 0 bridgehead atoms. The van der Waals surface area contributed by atoms with Crippen LogP contribution in [-0.4, -0.2) is 25.2 Å². The Kier molecular flexibility index (Phi) is 8.35. The summed E-state index contributed by atoms with van der Waals surface area (Å²) in [5, 5.41) is 0. The summed E-state index contributed by atoms with van der Waals surface area (Å²) in [5.74, 6) is -1.06.